The van der Waals surface area contributed by atoms with E-state index in [0.717, 1.165) is 0 Å². The molecule has 0 spiro atoms. The molecule has 0 aliphatic rings. The lowest BCUT2D eigenvalue weighted by molar-refractivity contribution is -0.387. The highest BCUT2D eigenvalue weighted by Gasteiger charge is 2.14. The molecule has 6 heteroatoms. The highest BCUT2D eigenvalue weighted by Crippen LogP contribution is 2.32. The van der Waals surface area contributed by atoms with Crippen LogP contribution in [0.4, 0.5) is 5.69 Å². The van der Waals surface area contributed by atoms with Crippen molar-refractivity contribution in [2.75, 3.05) is 19.5 Å². The summed E-state index contributed by atoms with van der Waals surface area (Å²) in [5, 5.41) is 19.3. The third kappa shape index (κ3) is 3.10. The summed E-state index contributed by atoms with van der Waals surface area (Å²) in [6.07, 6.45) is 0. The van der Waals surface area contributed by atoms with Crippen molar-refractivity contribution in [3.8, 4) is 5.75 Å². The number of benzene rings is 1. The maximum atomic E-state index is 10.7. The lowest BCUT2D eigenvalue weighted by atomic mass is 10.3. The zero-order chi connectivity index (χ0) is 11.3. The van der Waals surface area contributed by atoms with E-state index in [1.165, 1.54) is 24.9 Å². The van der Waals surface area contributed by atoms with Gasteiger partial charge in [0.2, 0.25) is 0 Å². The van der Waals surface area contributed by atoms with Crippen LogP contribution >= 0.6 is 11.8 Å². The SMILES string of the molecule is COc1ccc([N+](=O)[O-])c(SCCO)c1. The summed E-state index contributed by atoms with van der Waals surface area (Å²) in [6, 6.07) is 4.54. The van der Waals surface area contributed by atoms with E-state index in [4.69, 9.17) is 9.84 Å². The summed E-state index contributed by atoms with van der Waals surface area (Å²) in [7, 11) is 1.50. The Kier molecular flexibility index (Phi) is 4.38. The average Bonchev–Trinajstić information content (AvgIpc) is 2.25. The van der Waals surface area contributed by atoms with Crippen LogP contribution in [0.15, 0.2) is 23.1 Å². The highest BCUT2D eigenvalue weighted by atomic mass is 32.2. The summed E-state index contributed by atoms with van der Waals surface area (Å²) < 4.78 is 4.97. The molecule has 0 aliphatic heterocycles. The van der Waals surface area contributed by atoms with Crippen molar-refractivity contribution in [2.24, 2.45) is 0 Å². The Hall–Kier alpha value is -1.27. The molecule has 82 valence electrons. The van der Waals surface area contributed by atoms with Gasteiger partial charge in [-0.15, -0.1) is 11.8 Å². The van der Waals surface area contributed by atoms with Crippen LogP contribution in [0, 0.1) is 10.1 Å². The molecule has 0 aromatic heterocycles. The number of hydrogen-bond acceptors (Lipinski definition) is 5. The summed E-state index contributed by atoms with van der Waals surface area (Å²) in [4.78, 5) is 10.7. The molecule has 0 radical (unpaired) electrons. The predicted molar refractivity (Wildman–Crippen MR) is 57.5 cm³/mol. The summed E-state index contributed by atoms with van der Waals surface area (Å²) in [5.74, 6) is 0.995. The summed E-state index contributed by atoms with van der Waals surface area (Å²) >= 11 is 1.23. The number of nitro benzene ring substituents is 1. The van der Waals surface area contributed by atoms with Crippen LogP contribution in [-0.4, -0.2) is 29.5 Å². The largest absolute Gasteiger partial charge is 0.497 e. The lowest BCUT2D eigenvalue weighted by Crippen LogP contribution is -1.94. The molecule has 1 rings (SSSR count). The maximum absolute atomic E-state index is 10.7. The number of hydrogen-bond donors (Lipinski definition) is 1. The van der Waals surface area contributed by atoms with E-state index in [-0.39, 0.29) is 12.3 Å². The number of methoxy groups -OCH3 is 1. The van der Waals surface area contributed by atoms with Gasteiger partial charge in [-0.25, -0.2) is 0 Å². The van der Waals surface area contributed by atoms with Gasteiger partial charge in [0.25, 0.3) is 5.69 Å². The summed E-state index contributed by atoms with van der Waals surface area (Å²) in [6.45, 7) is -0.0149. The monoisotopic (exact) mass is 229 g/mol. The van der Waals surface area contributed by atoms with Crippen molar-refractivity contribution < 1.29 is 14.8 Å². The molecule has 0 unspecified atom stereocenters. The smallest absolute Gasteiger partial charge is 0.283 e. The standard InChI is InChI=1S/C9H11NO4S/c1-14-7-2-3-8(10(12)13)9(6-7)15-5-4-11/h2-3,6,11H,4-5H2,1H3. The highest BCUT2D eigenvalue weighted by molar-refractivity contribution is 7.99. The second-order valence-electron chi connectivity index (χ2n) is 2.66. The van der Waals surface area contributed by atoms with Gasteiger partial charge in [0, 0.05) is 17.9 Å². The first-order valence-electron chi connectivity index (χ1n) is 4.25. The Labute approximate surface area is 91.2 Å². The predicted octanol–water partition coefficient (Wildman–Crippen LogP) is 1.69. The Morgan fingerprint density at radius 3 is 2.87 bits per heavy atom. The average molecular weight is 229 g/mol. The molecule has 1 N–H and O–H groups in total. The molecule has 1 aromatic carbocycles. The number of nitrogens with zero attached hydrogens (tertiary/aromatic N) is 1. The molecular weight excluding hydrogens is 218 g/mol. The Bertz CT molecular complexity index is 356. The Morgan fingerprint density at radius 1 is 1.60 bits per heavy atom. The number of aliphatic hydroxyl groups is 1. The fourth-order valence-corrected chi connectivity index (χ4v) is 1.84. The van der Waals surface area contributed by atoms with E-state index in [2.05, 4.69) is 0 Å². The topological polar surface area (TPSA) is 72.6 Å². The van der Waals surface area contributed by atoms with Gasteiger partial charge in [0.1, 0.15) is 5.75 Å². The zero-order valence-corrected chi connectivity index (χ0v) is 8.99. The van der Waals surface area contributed by atoms with Crippen molar-refractivity contribution in [1.82, 2.24) is 0 Å². The van der Waals surface area contributed by atoms with Gasteiger partial charge >= 0.3 is 0 Å². The van der Waals surface area contributed by atoms with Gasteiger partial charge in [0.05, 0.1) is 23.5 Å². The van der Waals surface area contributed by atoms with E-state index in [1.54, 1.807) is 12.1 Å². The molecule has 0 fully saturated rings. The Balaban J connectivity index is 2.99. The van der Waals surface area contributed by atoms with Gasteiger partial charge in [-0.3, -0.25) is 10.1 Å². The quantitative estimate of drug-likeness (QED) is 0.472. The van der Waals surface area contributed by atoms with Crippen LogP contribution in [0.1, 0.15) is 0 Å². The van der Waals surface area contributed by atoms with Gasteiger partial charge in [-0.2, -0.15) is 0 Å². The van der Waals surface area contributed by atoms with E-state index >= 15 is 0 Å². The third-order valence-electron chi connectivity index (χ3n) is 1.71. The number of ether oxygens (including phenoxy) is 1. The first-order chi connectivity index (χ1) is 7.19. The molecule has 5 nitrogen and oxygen atoms in total. The fourth-order valence-electron chi connectivity index (χ4n) is 1.04. The number of aliphatic hydroxyl groups excluding tert-OH is 1. The lowest BCUT2D eigenvalue weighted by Gasteiger charge is -2.04. The van der Waals surface area contributed by atoms with E-state index in [1.807, 2.05) is 0 Å². The number of rotatable bonds is 5. The van der Waals surface area contributed by atoms with Crippen molar-refractivity contribution in [1.29, 1.82) is 0 Å². The zero-order valence-electron chi connectivity index (χ0n) is 8.17. The second-order valence-corrected chi connectivity index (χ2v) is 3.80. The van der Waals surface area contributed by atoms with Crippen LogP contribution in [0.2, 0.25) is 0 Å². The Morgan fingerprint density at radius 2 is 2.33 bits per heavy atom. The van der Waals surface area contributed by atoms with Crippen molar-refractivity contribution in [2.45, 2.75) is 4.90 Å². The van der Waals surface area contributed by atoms with Crippen LogP contribution in [0.5, 0.6) is 5.75 Å². The number of thioether (sulfide) groups is 1. The van der Waals surface area contributed by atoms with E-state index in [0.29, 0.717) is 16.4 Å². The minimum Gasteiger partial charge on any atom is -0.497 e. The van der Waals surface area contributed by atoms with Crippen LogP contribution < -0.4 is 4.74 Å². The van der Waals surface area contributed by atoms with Crippen molar-refractivity contribution in [3.63, 3.8) is 0 Å². The minimum absolute atomic E-state index is 0.0149. The maximum Gasteiger partial charge on any atom is 0.283 e. The van der Waals surface area contributed by atoms with Gasteiger partial charge in [0.15, 0.2) is 0 Å². The first-order valence-corrected chi connectivity index (χ1v) is 5.23. The normalized spacial score (nSPS) is 10.0. The van der Waals surface area contributed by atoms with Gasteiger partial charge in [-0.1, -0.05) is 0 Å². The van der Waals surface area contributed by atoms with Crippen LogP contribution in [-0.2, 0) is 0 Å². The molecule has 15 heavy (non-hydrogen) atoms. The van der Waals surface area contributed by atoms with Gasteiger partial charge < -0.3 is 9.84 Å². The second kappa shape index (κ2) is 5.57. The molecule has 0 saturated heterocycles. The minimum atomic E-state index is -0.445. The van der Waals surface area contributed by atoms with E-state index in [9.17, 15) is 10.1 Å². The fraction of sp³-hybridized carbons (Fsp3) is 0.333. The molecular formula is C9H11NO4S. The molecule has 0 aliphatic carbocycles. The molecule has 0 amide bonds. The van der Waals surface area contributed by atoms with Crippen LogP contribution in [0.3, 0.4) is 0 Å². The first kappa shape index (κ1) is 11.8. The van der Waals surface area contributed by atoms with Crippen LogP contribution in [0.25, 0.3) is 0 Å². The molecule has 0 atom stereocenters. The summed E-state index contributed by atoms with van der Waals surface area (Å²) in [5.41, 5.74) is 0.0363. The molecule has 1 aromatic rings. The number of nitro groups is 1. The van der Waals surface area contributed by atoms with Crippen molar-refractivity contribution >= 4 is 17.4 Å². The van der Waals surface area contributed by atoms with Gasteiger partial charge in [-0.05, 0) is 6.07 Å². The van der Waals surface area contributed by atoms with E-state index < -0.39 is 4.92 Å². The third-order valence-corrected chi connectivity index (χ3v) is 2.74. The molecule has 0 bridgehead atoms. The molecule has 0 heterocycles. The van der Waals surface area contributed by atoms with Crippen molar-refractivity contribution in [3.05, 3.63) is 28.3 Å². The molecule has 0 saturated carbocycles.